The van der Waals surface area contributed by atoms with E-state index in [2.05, 4.69) is 6.58 Å². The zero-order valence-electron chi connectivity index (χ0n) is 11.8. The van der Waals surface area contributed by atoms with Gasteiger partial charge in [-0.2, -0.15) is 0 Å². The van der Waals surface area contributed by atoms with Crippen molar-refractivity contribution >= 4 is 11.9 Å². The van der Waals surface area contributed by atoms with E-state index >= 15 is 0 Å². The Balaban J connectivity index is 2.12. The molecule has 19 heavy (non-hydrogen) atoms. The summed E-state index contributed by atoms with van der Waals surface area (Å²) in [5, 5.41) is 9.43. The smallest absolute Gasteiger partial charge is 0.326 e. The maximum Gasteiger partial charge on any atom is 0.326 e. The highest BCUT2D eigenvalue weighted by atomic mass is 16.4. The lowest BCUT2D eigenvalue weighted by Gasteiger charge is -2.27. The summed E-state index contributed by atoms with van der Waals surface area (Å²) in [6.07, 6.45) is 3.74. The maximum absolute atomic E-state index is 12.4. The van der Waals surface area contributed by atoms with E-state index in [1.807, 2.05) is 13.8 Å². The standard InChI is InChI=1S/C15H23NO3/c1-9(2)7-10(3)14(17)16-8-11-5-4-6-12(11)13(16)15(18)19/h10-13H,1,4-8H2,2-3H3,(H,18,19). The van der Waals surface area contributed by atoms with Crippen molar-refractivity contribution in [2.24, 2.45) is 17.8 Å². The Kier molecular flexibility index (Phi) is 3.97. The molecule has 1 heterocycles. The van der Waals surface area contributed by atoms with E-state index < -0.39 is 12.0 Å². The molecule has 4 heteroatoms. The van der Waals surface area contributed by atoms with Gasteiger partial charge >= 0.3 is 5.97 Å². The number of nitrogens with zero attached hydrogens (tertiary/aromatic N) is 1. The zero-order valence-corrected chi connectivity index (χ0v) is 11.8. The zero-order chi connectivity index (χ0) is 14.2. The monoisotopic (exact) mass is 265 g/mol. The van der Waals surface area contributed by atoms with E-state index in [4.69, 9.17) is 0 Å². The van der Waals surface area contributed by atoms with Gasteiger partial charge in [0.05, 0.1) is 0 Å². The molecule has 2 aliphatic rings. The molecule has 0 aromatic heterocycles. The van der Waals surface area contributed by atoms with Crippen molar-refractivity contribution in [3.8, 4) is 0 Å². The SMILES string of the molecule is C=C(C)CC(C)C(=O)N1CC2CCCC2C1C(=O)O. The molecule has 0 radical (unpaired) electrons. The summed E-state index contributed by atoms with van der Waals surface area (Å²) in [4.78, 5) is 25.6. The van der Waals surface area contributed by atoms with Gasteiger partial charge in [-0.15, -0.1) is 6.58 Å². The topological polar surface area (TPSA) is 57.6 Å². The summed E-state index contributed by atoms with van der Waals surface area (Å²) < 4.78 is 0. The van der Waals surface area contributed by atoms with Crippen LogP contribution in [0.25, 0.3) is 0 Å². The first-order valence-corrected chi connectivity index (χ1v) is 7.09. The van der Waals surface area contributed by atoms with Crippen LogP contribution in [0.3, 0.4) is 0 Å². The first kappa shape index (κ1) is 14.1. The van der Waals surface area contributed by atoms with Gasteiger partial charge in [0.25, 0.3) is 0 Å². The van der Waals surface area contributed by atoms with Gasteiger partial charge < -0.3 is 10.0 Å². The molecule has 1 aliphatic carbocycles. The lowest BCUT2D eigenvalue weighted by Crippen LogP contribution is -2.45. The fourth-order valence-electron chi connectivity index (χ4n) is 3.74. The number of carbonyl (C=O) groups excluding carboxylic acids is 1. The van der Waals surface area contributed by atoms with Crippen molar-refractivity contribution in [2.45, 2.75) is 45.6 Å². The van der Waals surface area contributed by atoms with Crippen LogP contribution in [0.5, 0.6) is 0 Å². The van der Waals surface area contributed by atoms with E-state index in [0.29, 0.717) is 18.9 Å². The van der Waals surface area contributed by atoms with Crippen molar-refractivity contribution < 1.29 is 14.7 Å². The van der Waals surface area contributed by atoms with Crippen LogP contribution < -0.4 is 0 Å². The van der Waals surface area contributed by atoms with Crippen molar-refractivity contribution in [1.29, 1.82) is 0 Å². The Morgan fingerprint density at radius 2 is 2.11 bits per heavy atom. The Bertz CT molecular complexity index is 404. The summed E-state index contributed by atoms with van der Waals surface area (Å²) in [6, 6.07) is -0.604. The van der Waals surface area contributed by atoms with E-state index in [-0.39, 0.29) is 17.7 Å². The van der Waals surface area contributed by atoms with Crippen LogP contribution in [0.15, 0.2) is 12.2 Å². The molecule has 0 bridgehead atoms. The molecular formula is C15H23NO3. The highest BCUT2D eigenvalue weighted by Gasteiger charge is 2.49. The molecule has 1 aliphatic heterocycles. The predicted octanol–water partition coefficient (Wildman–Crippen LogP) is 2.30. The third-order valence-corrected chi connectivity index (χ3v) is 4.50. The molecule has 1 N–H and O–H groups in total. The number of fused-ring (bicyclic) bond motifs is 1. The fraction of sp³-hybridized carbons (Fsp3) is 0.733. The Hall–Kier alpha value is -1.32. The van der Waals surface area contributed by atoms with Crippen LogP contribution in [-0.2, 0) is 9.59 Å². The van der Waals surface area contributed by atoms with Crippen molar-refractivity contribution in [2.75, 3.05) is 6.54 Å². The van der Waals surface area contributed by atoms with Gasteiger partial charge in [0.15, 0.2) is 0 Å². The third-order valence-electron chi connectivity index (χ3n) is 4.50. The number of aliphatic carboxylic acids is 1. The average Bonchev–Trinajstić information content (AvgIpc) is 2.84. The predicted molar refractivity (Wildman–Crippen MR) is 72.6 cm³/mol. The van der Waals surface area contributed by atoms with Crippen LogP contribution in [0.1, 0.15) is 39.5 Å². The van der Waals surface area contributed by atoms with E-state index in [9.17, 15) is 14.7 Å². The van der Waals surface area contributed by atoms with E-state index in [1.54, 1.807) is 4.90 Å². The molecule has 4 unspecified atom stereocenters. The van der Waals surface area contributed by atoms with E-state index in [1.165, 1.54) is 0 Å². The summed E-state index contributed by atoms with van der Waals surface area (Å²) in [5.41, 5.74) is 0.965. The Morgan fingerprint density at radius 1 is 1.42 bits per heavy atom. The van der Waals surface area contributed by atoms with Crippen LogP contribution in [0, 0.1) is 17.8 Å². The van der Waals surface area contributed by atoms with Crippen LogP contribution in [0.2, 0.25) is 0 Å². The number of hydrogen-bond donors (Lipinski definition) is 1. The number of carbonyl (C=O) groups is 2. The first-order chi connectivity index (χ1) is 8.91. The molecule has 2 fully saturated rings. The van der Waals surface area contributed by atoms with Crippen molar-refractivity contribution in [3.05, 3.63) is 12.2 Å². The van der Waals surface area contributed by atoms with Gasteiger partial charge in [-0.3, -0.25) is 4.79 Å². The first-order valence-electron chi connectivity index (χ1n) is 7.09. The number of hydrogen-bond acceptors (Lipinski definition) is 2. The van der Waals surface area contributed by atoms with Gasteiger partial charge in [0, 0.05) is 12.5 Å². The minimum atomic E-state index is -0.842. The minimum absolute atomic E-state index is 0.0233. The highest BCUT2D eigenvalue weighted by molar-refractivity contribution is 5.86. The van der Waals surface area contributed by atoms with Gasteiger partial charge in [-0.05, 0) is 38.0 Å². The molecule has 1 saturated carbocycles. The largest absolute Gasteiger partial charge is 0.480 e. The maximum atomic E-state index is 12.4. The molecule has 1 amide bonds. The Labute approximate surface area is 114 Å². The second-order valence-corrected chi connectivity index (χ2v) is 6.19. The van der Waals surface area contributed by atoms with Gasteiger partial charge in [0.2, 0.25) is 5.91 Å². The minimum Gasteiger partial charge on any atom is -0.480 e. The number of amides is 1. The van der Waals surface area contributed by atoms with Crippen LogP contribution >= 0.6 is 0 Å². The fourth-order valence-corrected chi connectivity index (χ4v) is 3.74. The lowest BCUT2D eigenvalue weighted by molar-refractivity contribution is -0.151. The second kappa shape index (κ2) is 5.35. The van der Waals surface area contributed by atoms with Crippen LogP contribution in [-0.4, -0.2) is 34.5 Å². The number of rotatable bonds is 4. The molecule has 0 aromatic carbocycles. The van der Waals surface area contributed by atoms with Crippen molar-refractivity contribution in [1.82, 2.24) is 4.90 Å². The molecule has 4 nitrogen and oxygen atoms in total. The summed E-state index contributed by atoms with van der Waals surface area (Å²) in [6.45, 7) is 8.22. The number of likely N-dealkylation sites (tertiary alicyclic amines) is 1. The number of carboxylic acid groups (broad SMARTS) is 1. The summed E-state index contributed by atoms with van der Waals surface area (Å²) >= 11 is 0. The normalized spacial score (nSPS) is 31.1. The van der Waals surface area contributed by atoms with E-state index in [0.717, 1.165) is 24.8 Å². The third kappa shape index (κ3) is 2.67. The Morgan fingerprint density at radius 3 is 2.68 bits per heavy atom. The highest BCUT2D eigenvalue weighted by Crippen LogP contribution is 2.42. The van der Waals surface area contributed by atoms with Crippen LogP contribution in [0.4, 0.5) is 0 Å². The lowest BCUT2D eigenvalue weighted by atomic mass is 9.94. The number of allylic oxidation sites excluding steroid dienone is 1. The summed E-state index contributed by atoms with van der Waals surface area (Å²) in [5.74, 6) is -0.478. The second-order valence-electron chi connectivity index (χ2n) is 6.19. The quantitative estimate of drug-likeness (QED) is 0.793. The molecule has 0 aromatic rings. The average molecular weight is 265 g/mol. The van der Waals surface area contributed by atoms with Gasteiger partial charge in [-0.1, -0.05) is 18.9 Å². The molecular weight excluding hydrogens is 242 g/mol. The molecule has 4 atom stereocenters. The van der Waals surface area contributed by atoms with Gasteiger partial charge in [0.1, 0.15) is 6.04 Å². The van der Waals surface area contributed by atoms with Gasteiger partial charge in [-0.25, -0.2) is 4.79 Å². The van der Waals surface area contributed by atoms with Crippen molar-refractivity contribution in [3.63, 3.8) is 0 Å². The molecule has 2 rings (SSSR count). The number of carboxylic acids is 1. The molecule has 106 valence electrons. The summed E-state index contributed by atoms with van der Waals surface area (Å²) in [7, 11) is 0. The molecule has 1 saturated heterocycles. The molecule has 0 spiro atoms.